The van der Waals surface area contributed by atoms with Gasteiger partial charge in [0.15, 0.2) is 5.69 Å². The fourth-order valence-electron chi connectivity index (χ4n) is 4.93. The van der Waals surface area contributed by atoms with E-state index in [2.05, 4.69) is 9.72 Å². The Morgan fingerprint density at radius 2 is 1.59 bits per heavy atom. The highest BCUT2D eigenvalue weighted by Crippen LogP contribution is 2.30. The summed E-state index contributed by atoms with van der Waals surface area (Å²) >= 11 is 0. The van der Waals surface area contributed by atoms with Crippen molar-refractivity contribution >= 4 is 5.91 Å². The number of carbonyl (C=O) groups is 1. The van der Waals surface area contributed by atoms with Gasteiger partial charge >= 0.3 is 11.9 Å². The molecular weight excluding hydrogens is 535 g/mol. The Morgan fingerprint density at radius 1 is 0.902 bits per heavy atom. The van der Waals surface area contributed by atoms with Crippen molar-refractivity contribution in [2.45, 2.75) is 45.8 Å². The number of alkyl halides is 3. The quantitative estimate of drug-likeness (QED) is 0.269. The maximum Gasteiger partial charge on any atom is 0.573 e. The van der Waals surface area contributed by atoms with E-state index in [4.69, 9.17) is 4.74 Å². The van der Waals surface area contributed by atoms with Crippen LogP contribution in [0.15, 0.2) is 83.7 Å². The number of ether oxygens (including phenoxy) is 2. The van der Waals surface area contributed by atoms with E-state index in [1.165, 1.54) is 12.1 Å². The fraction of sp³-hybridized carbons (Fsp3) is 0.258. The van der Waals surface area contributed by atoms with E-state index in [9.17, 15) is 22.8 Å². The zero-order valence-electron chi connectivity index (χ0n) is 22.5. The van der Waals surface area contributed by atoms with Crippen LogP contribution in [0.2, 0.25) is 0 Å². The van der Waals surface area contributed by atoms with Crippen LogP contribution in [-0.2, 0) is 19.6 Å². The van der Waals surface area contributed by atoms with E-state index in [0.29, 0.717) is 24.5 Å². The van der Waals surface area contributed by atoms with Gasteiger partial charge in [0.2, 0.25) is 5.75 Å². The number of fused-ring (bicyclic) bond motifs is 1. The monoisotopic (exact) mass is 563 g/mol. The van der Waals surface area contributed by atoms with E-state index in [0.717, 1.165) is 16.7 Å². The highest BCUT2D eigenvalue weighted by Gasteiger charge is 2.33. The zero-order chi connectivity index (χ0) is 29.1. The minimum absolute atomic E-state index is 0.0741. The first-order chi connectivity index (χ1) is 19.6. The highest BCUT2D eigenvalue weighted by atomic mass is 19.4. The Kier molecular flexibility index (Phi) is 7.83. The van der Waals surface area contributed by atoms with Crippen LogP contribution in [0.4, 0.5) is 13.2 Å². The smallest absolute Gasteiger partial charge is 0.481 e. The van der Waals surface area contributed by atoms with E-state index >= 15 is 0 Å². The van der Waals surface area contributed by atoms with Gasteiger partial charge in [-0.1, -0.05) is 66.7 Å². The summed E-state index contributed by atoms with van der Waals surface area (Å²) in [4.78, 5) is 33.0. The molecule has 0 radical (unpaired) electrons. The van der Waals surface area contributed by atoms with Crippen molar-refractivity contribution in [1.82, 2.24) is 14.5 Å². The minimum atomic E-state index is -4.78. The molecule has 2 heterocycles. The van der Waals surface area contributed by atoms with Gasteiger partial charge < -0.3 is 18.9 Å². The molecule has 3 aromatic carbocycles. The van der Waals surface area contributed by atoms with E-state index in [-0.39, 0.29) is 42.2 Å². The Balaban J connectivity index is 1.52. The maximum absolute atomic E-state index is 13.6. The molecule has 1 aromatic heterocycles. The number of hydrogen-bond acceptors (Lipinski definition) is 5. The molecule has 0 saturated heterocycles. The fourth-order valence-corrected chi connectivity index (χ4v) is 4.93. The SMILES string of the molecule is CC(C)N1CCn2c(Cc3ccccc3-c3ccc(OC(F)(F)F)cc3)nc(=O)c(OCc3ccccc3)c2C1=O. The van der Waals surface area contributed by atoms with E-state index in [1.54, 1.807) is 21.6 Å². The highest BCUT2D eigenvalue weighted by molar-refractivity contribution is 5.96. The van der Waals surface area contributed by atoms with E-state index in [1.807, 2.05) is 68.4 Å². The lowest BCUT2D eigenvalue weighted by molar-refractivity contribution is -0.274. The molecule has 0 aliphatic carbocycles. The lowest BCUT2D eigenvalue weighted by Crippen LogP contribution is -2.46. The van der Waals surface area contributed by atoms with Crippen LogP contribution in [0.3, 0.4) is 0 Å². The van der Waals surface area contributed by atoms with Gasteiger partial charge in [0, 0.05) is 25.6 Å². The third-order valence-corrected chi connectivity index (χ3v) is 6.86. The average molecular weight is 564 g/mol. The van der Waals surface area contributed by atoms with Crippen molar-refractivity contribution in [3.8, 4) is 22.6 Å². The van der Waals surface area contributed by atoms with Crippen molar-refractivity contribution in [3.05, 3.63) is 112 Å². The van der Waals surface area contributed by atoms with Gasteiger partial charge in [-0.15, -0.1) is 13.2 Å². The van der Waals surface area contributed by atoms with Crippen LogP contribution < -0.4 is 15.0 Å². The summed E-state index contributed by atoms with van der Waals surface area (Å²) in [6.45, 7) is 4.81. The first kappa shape index (κ1) is 27.9. The van der Waals surface area contributed by atoms with Gasteiger partial charge in [0.05, 0.1) is 0 Å². The summed E-state index contributed by atoms with van der Waals surface area (Å²) in [5.74, 6) is -0.302. The Bertz CT molecular complexity index is 1600. The van der Waals surface area contributed by atoms with Crippen LogP contribution in [0.5, 0.6) is 11.5 Å². The molecule has 10 heteroatoms. The second kappa shape index (κ2) is 11.5. The molecule has 0 saturated carbocycles. The molecule has 212 valence electrons. The number of halogens is 3. The minimum Gasteiger partial charge on any atom is -0.481 e. The van der Waals surface area contributed by atoms with Gasteiger partial charge in [0.25, 0.3) is 5.91 Å². The van der Waals surface area contributed by atoms with Crippen LogP contribution in [0, 0.1) is 0 Å². The predicted octanol–water partition coefficient (Wildman–Crippen LogP) is 5.84. The zero-order valence-corrected chi connectivity index (χ0v) is 22.5. The van der Waals surface area contributed by atoms with Crippen molar-refractivity contribution in [2.24, 2.45) is 0 Å². The van der Waals surface area contributed by atoms with Gasteiger partial charge in [-0.05, 0) is 48.2 Å². The standard InChI is InChI=1S/C31H28F3N3O4/c1-20(2)36-16-17-37-26(35-29(38)28(27(37)30(36)39)40-19-21-8-4-3-5-9-21)18-23-10-6-7-11-25(23)22-12-14-24(15-13-22)41-31(32,33)34/h3-15,20H,16-19H2,1-2H3. The van der Waals surface area contributed by atoms with Crippen LogP contribution in [0.25, 0.3) is 11.1 Å². The van der Waals surface area contributed by atoms with Crippen molar-refractivity contribution in [3.63, 3.8) is 0 Å². The Labute approximate surface area is 234 Å². The largest absolute Gasteiger partial charge is 0.573 e. The van der Waals surface area contributed by atoms with Crippen LogP contribution in [-0.4, -0.2) is 39.3 Å². The number of nitrogens with zero attached hydrogens (tertiary/aromatic N) is 3. The number of rotatable bonds is 8. The molecular formula is C31H28F3N3O4. The molecule has 41 heavy (non-hydrogen) atoms. The molecule has 1 aliphatic rings. The van der Waals surface area contributed by atoms with Crippen molar-refractivity contribution in [2.75, 3.05) is 6.54 Å². The summed E-state index contributed by atoms with van der Waals surface area (Å²) in [5, 5.41) is 0. The predicted molar refractivity (Wildman–Crippen MR) is 147 cm³/mol. The van der Waals surface area contributed by atoms with Crippen molar-refractivity contribution in [1.29, 1.82) is 0 Å². The van der Waals surface area contributed by atoms with Crippen LogP contribution >= 0.6 is 0 Å². The third kappa shape index (κ3) is 6.26. The average Bonchev–Trinajstić information content (AvgIpc) is 2.93. The molecule has 0 spiro atoms. The first-order valence-electron chi connectivity index (χ1n) is 13.2. The molecule has 0 fully saturated rings. The molecule has 1 amide bonds. The van der Waals surface area contributed by atoms with Gasteiger partial charge in [-0.2, -0.15) is 4.98 Å². The molecule has 7 nitrogen and oxygen atoms in total. The lowest BCUT2D eigenvalue weighted by Gasteiger charge is -2.34. The number of carbonyl (C=O) groups excluding carboxylic acids is 1. The Hall–Kier alpha value is -4.60. The molecule has 0 unspecified atom stereocenters. The van der Waals surface area contributed by atoms with Gasteiger partial charge in [0.1, 0.15) is 18.2 Å². The van der Waals surface area contributed by atoms with Gasteiger partial charge in [-0.25, -0.2) is 0 Å². The lowest BCUT2D eigenvalue weighted by atomic mass is 9.97. The molecule has 0 N–H and O–H groups in total. The molecule has 1 aliphatic heterocycles. The van der Waals surface area contributed by atoms with Crippen LogP contribution in [0.1, 0.15) is 41.3 Å². The second-order valence-corrected chi connectivity index (χ2v) is 9.94. The second-order valence-electron chi connectivity index (χ2n) is 9.94. The number of amides is 1. The van der Waals surface area contributed by atoms with Crippen molar-refractivity contribution < 1.29 is 27.4 Å². The number of aromatic nitrogens is 2. The Morgan fingerprint density at radius 3 is 2.27 bits per heavy atom. The van der Waals surface area contributed by atoms with E-state index < -0.39 is 11.9 Å². The summed E-state index contributed by atoms with van der Waals surface area (Å²) in [6, 6.07) is 22.2. The molecule has 5 rings (SSSR count). The third-order valence-electron chi connectivity index (χ3n) is 6.86. The van der Waals surface area contributed by atoms with Gasteiger partial charge in [-0.3, -0.25) is 9.59 Å². The molecule has 0 atom stereocenters. The normalized spacial score (nSPS) is 13.3. The maximum atomic E-state index is 13.6. The number of benzene rings is 3. The summed E-state index contributed by atoms with van der Waals surface area (Å²) in [7, 11) is 0. The molecule has 0 bridgehead atoms. The number of hydrogen-bond donors (Lipinski definition) is 0. The summed E-state index contributed by atoms with van der Waals surface area (Å²) in [5.41, 5.74) is 2.59. The summed E-state index contributed by atoms with van der Waals surface area (Å²) in [6.07, 6.45) is -4.57. The topological polar surface area (TPSA) is 73.7 Å². The summed E-state index contributed by atoms with van der Waals surface area (Å²) < 4.78 is 49.5. The first-order valence-corrected chi connectivity index (χ1v) is 13.2. The molecule has 4 aromatic rings.